The van der Waals surface area contributed by atoms with Crippen LogP contribution in [0.4, 0.5) is 10.1 Å². The lowest BCUT2D eigenvalue weighted by molar-refractivity contribution is -0.120. The van der Waals surface area contributed by atoms with Crippen molar-refractivity contribution >= 4 is 45.0 Å². The molecule has 0 atom stereocenters. The van der Waals surface area contributed by atoms with Crippen LogP contribution in [0.2, 0.25) is 5.02 Å². The van der Waals surface area contributed by atoms with Crippen molar-refractivity contribution in [2.75, 3.05) is 4.90 Å². The molecule has 0 spiro atoms. The molecule has 1 aliphatic heterocycles. The second-order valence-corrected chi connectivity index (χ2v) is 9.43. The van der Waals surface area contributed by atoms with Crippen molar-refractivity contribution in [3.05, 3.63) is 68.2 Å². The maximum absolute atomic E-state index is 14.8. The summed E-state index contributed by atoms with van der Waals surface area (Å²) in [7, 11) is 0. The number of rotatable bonds is 5. The lowest BCUT2D eigenvalue weighted by Crippen LogP contribution is -2.32. The van der Waals surface area contributed by atoms with Gasteiger partial charge in [0.2, 0.25) is 5.82 Å². The first kappa shape index (κ1) is 22.7. The maximum Gasteiger partial charge on any atom is 0.261 e. The van der Waals surface area contributed by atoms with Crippen molar-refractivity contribution in [1.82, 2.24) is 10.1 Å². The molecule has 2 heterocycles. The van der Waals surface area contributed by atoms with Crippen LogP contribution in [0.1, 0.15) is 37.1 Å². The number of carbonyl (C=O) groups is 2. The van der Waals surface area contributed by atoms with E-state index in [9.17, 15) is 14.0 Å². The number of carbonyl (C=O) groups excluding carboxylic acids is 2. The van der Waals surface area contributed by atoms with Gasteiger partial charge in [-0.3, -0.25) is 9.59 Å². The van der Waals surface area contributed by atoms with Gasteiger partial charge in [0.1, 0.15) is 11.6 Å². The Balaban J connectivity index is 1.37. The topological polar surface area (TPSA) is 85.5 Å². The number of hydrogen-bond acceptors (Lipinski definition) is 6. The number of ether oxygens (including phenoxy) is 1. The standard InChI is InChI=1S/C24H18BrClFN3O4/c1-12-8-13(25)6-7-14(12)22-28-21(29-34-22)11-33-20-10-19(18(27)9-17(20)26)30-23(31)15-4-2-3-5-16(15)24(30)32/h6-10H,2-5,11H2,1H3. The van der Waals surface area contributed by atoms with E-state index in [2.05, 4.69) is 26.1 Å². The molecule has 0 bridgehead atoms. The zero-order chi connectivity index (χ0) is 24.0. The van der Waals surface area contributed by atoms with Gasteiger partial charge in [-0.05, 0) is 62.4 Å². The molecule has 0 radical (unpaired) electrons. The summed E-state index contributed by atoms with van der Waals surface area (Å²) < 4.78 is 26.8. The van der Waals surface area contributed by atoms with E-state index in [1.165, 1.54) is 6.07 Å². The van der Waals surface area contributed by atoms with E-state index in [1.54, 1.807) is 0 Å². The molecule has 10 heteroatoms. The number of anilines is 1. The Morgan fingerprint density at radius 2 is 1.85 bits per heavy atom. The number of halogens is 3. The molecule has 1 aromatic heterocycles. The molecule has 2 aromatic carbocycles. The zero-order valence-corrected chi connectivity index (χ0v) is 20.4. The number of aromatic nitrogens is 2. The summed E-state index contributed by atoms with van der Waals surface area (Å²) in [6.45, 7) is 1.81. The maximum atomic E-state index is 14.8. The second-order valence-electron chi connectivity index (χ2n) is 8.11. The minimum atomic E-state index is -0.786. The summed E-state index contributed by atoms with van der Waals surface area (Å²) in [4.78, 5) is 30.9. The first-order chi connectivity index (χ1) is 16.3. The third-order valence-electron chi connectivity index (χ3n) is 5.88. The highest BCUT2D eigenvalue weighted by Crippen LogP contribution is 2.39. The van der Waals surface area contributed by atoms with E-state index in [0.29, 0.717) is 29.9 Å². The fourth-order valence-electron chi connectivity index (χ4n) is 4.19. The first-order valence-corrected chi connectivity index (χ1v) is 11.8. The molecule has 0 unspecified atom stereocenters. The molecule has 5 rings (SSSR count). The van der Waals surface area contributed by atoms with Crippen LogP contribution < -0.4 is 9.64 Å². The minimum absolute atomic E-state index is 0.00876. The molecule has 3 aromatic rings. The smallest absolute Gasteiger partial charge is 0.261 e. The van der Waals surface area contributed by atoms with Crippen LogP contribution in [-0.2, 0) is 16.2 Å². The summed E-state index contributed by atoms with van der Waals surface area (Å²) >= 11 is 9.59. The van der Waals surface area contributed by atoms with Gasteiger partial charge in [-0.1, -0.05) is 32.7 Å². The number of amides is 2. The van der Waals surface area contributed by atoms with E-state index in [4.69, 9.17) is 20.9 Å². The third kappa shape index (κ3) is 4.03. The van der Waals surface area contributed by atoms with Crippen LogP contribution in [0.15, 0.2) is 50.5 Å². The number of aryl methyl sites for hydroxylation is 1. The van der Waals surface area contributed by atoms with Crippen molar-refractivity contribution in [1.29, 1.82) is 0 Å². The molecule has 2 amide bonds. The van der Waals surface area contributed by atoms with Crippen molar-refractivity contribution in [3.63, 3.8) is 0 Å². The summed E-state index contributed by atoms with van der Waals surface area (Å²) in [5.41, 5.74) is 2.48. The summed E-state index contributed by atoms with van der Waals surface area (Å²) in [6.07, 6.45) is 2.70. The highest BCUT2D eigenvalue weighted by atomic mass is 79.9. The Morgan fingerprint density at radius 1 is 1.15 bits per heavy atom. The zero-order valence-electron chi connectivity index (χ0n) is 18.0. The highest BCUT2D eigenvalue weighted by molar-refractivity contribution is 9.10. The van der Waals surface area contributed by atoms with Crippen molar-refractivity contribution in [2.45, 2.75) is 39.2 Å². The Bertz CT molecular complexity index is 1340. The second kappa shape index (κ2) is 8.96. The Hall–Kier alpha value is -3.04. The molecule has 174 valence electrons. The van der Waals surface area contributed by atoms with Gasteiger partial charge in [0.05, 0.1) is 10.7 Å². The molecule has 0 fully saturated rings. The third-order valence-corrected chi connectivity index (χ3v) is 6.66. The van der Waals surface area contributed by atoms with Crippen molar-refractivity contribution in [2.24, 2.45) is 0 Å². The Morgan fingerprint density at radius 3 is 2.53 bits per heavy atom. The highest BCUT2D eigenvalue weighted by Gasteiger charge is 2.41. The predicted octanol–water partition coefficient (Wildman–Crippen LogP) is 5.92. The summed E-state index contributed by atoms with van der Waals surface area (Å²) in [6, 6.07) is 7.94. The predicted molar refractivity (Wildman–Crippen MR) is 126 cm³/mol. The normalized spacial score (nSPS) is 15.8. The molecule has 0 saturated carbocycles. The Labute approximate surface area is 207 Å². The lowest BCUT2D eigenvalue weighted by atomic mass is 9.93. The average Bonchev–Trinajstić information content (AvgIpc) is 3.37. The van der Waals surface area contributed by atoms with E-state index in [0.717, 1.165) is 39.4 Å². The average molecular weight is 547 g/mol. The van der Waals surface area contributed by atoms with E-state index in [-0.39, 0.29) is 28.9 Å². The van der Waals surface area contributed by atoms with Crippen LogP contribution in [0.25, 0.3) is 11.5 Å². The summed E-state index contributed by atoms with van der Waals surface area (Å²) in [5.74, 6) is -1.08. The number of hydrogen-bond donors (Lipinski definition) is 0. The molecule has 7 nitrogen and oxygen atoms in total. The SMILES string of the molecule is Cc1cc(Br)ccc1-c1nc(COc2cc(N3C(=O)C4=C(CCCC4)C3=O)c(F)cc2Cl)no1. The van der Waals surface area contributed by atoms with Gasteiger partial charge in [0, 0.05) is 27.2 Å². The number of nitrogens with zero attached hydrogens (tertiary/aromatic N) is 3. The van der Waals surface area contributed by atoms with Crippen LogP contribution in [0.5, 0.6) is 5.75 Å². The van der Waals surface area contributed by atoms with E-state index >= 15 is 0 Å². The lowest BCUT2D eigenvalue weighted by Gasteiger charge is -2.18. The summed E-state index contributed by atoms with van der Waals surface area (Å²) in [5, 5.41) is 3.92. The molecule has 0 N–H and O–H groups in total. The van der Waals surface area contributed by atoms with Gasteiger partial charge in [-0.25, -0.2) is 9.29 Å². The first-order valence-electron chi connectivity index (χ1n) is 10.6. The largest absolute Gasteiger partial charge is 0.484 e. The fraction of sp³-hybridized carbons (Fsp3) is 0.250. The fourth-order valence-corrected chi connectivity index (χ4v) is 4.87. The monoisotopic (exact) mass is 545 g/mol. The van der Waals surface area contributed by atoms with Crippen molar-refractivity contribution in [3.8, 4) is 17.2 Å². The van der Waals surface area contributed by atoms with Gasteiger partial charge in [0.25, 0.3) is 17.7 Å². The quantitative estimate of drug-likeness (QED) is 0.369. The molecule has 34 heavy (non-hydrogen) atoms. The van der Waals surface area contributed by atoms with Gasteiger partial charge in [-0.2, -0.15) is 4.98 Å². The molecule has 2 aliphatic rings. The number of imide groups is 1. The number of benzene rings is 2. The van der Waals surface area contributed by atoms with Gasteiger partial charge in [-0.15, -0.1) is 0 Å². The van der Waals surface area contributed by atoms with Crippen LogP contribution >= 0.6 is 27.5 Å². The van der Waals surface area contributed by atoms with Gasteiger partial charge >= 0.3 is 0 Å². The van der Waals surface area contributed by atoms with Crippen LogP contribution in [-0.4, -0.2) is 22.0 Å². The Kier molecular flexibility index (Phi) is 5.99. The molecule has 0 saturated heterocycles. The molecular weight excluding hydrogens is 529 g/mol. The minimum Gasteiger partial charge on any atom is -0.484 e. The van der Waals surface area contributed by atoms with Gasteiger partial charge < -0.3 is 9.26 Å². The van der Waals surface area contributed by atoms with Crippen LogP contribution in [0.3, 0.4) is 0 Å². The van der Waals surface area contributed by atoms with Crippen molar-refractivity contribution < 1.29 is 23.2 Å². The molecular formula is C24H18BrClFN3O4. The van der Waals surface area contributed by atoms with Crippen LogP contribution in [0, 0.1) is 12.7 Å². The van der Waals surface area contributed by atoms with E-state index in [1.807, 2.05) is 25.1 Å². The van der Waals surface area contributed by atoms with Gasteiger partial charge in [0.15, 0.2) is 6.61 Å². The van der Waals surface area contributed by atoms with E-state index < -0.39 is 17.6 Å². The molecule has 1 aliphatic carbocycles.